The third-order valence-electron chi connectivity index (χ3n) is 4.67. The number of aliphatic hydroxyl groups is 1. The Bertz CT molecular complexity index is 626. The number of nitrogens with zero attached hydrogens (tertiary/aromatic N) is 2. The van der Waals surface area contributed by atoms with E-state index in [0.29, 0.717) is 0 Å². The highest BCUT2D eigenvalue weighted by molar-refractivity contribution is 6.28. The molecule has 2 aliphatic rings. The minimum atomic E-state index is -0.942. The SMILES string of the molecule is CN1C(=O)/C(=C\C2=C(O)C(C)(C)N(C)C2=O)C(=O)C1(C)C. The molecule has 2 amide bonds. The van der Waals surface area contributed by atoms with Crippen molar-refractivity contribution in [2.24, 2.45) is 0 Å². The monoisotopic (exact) mass is 292 g/mol. The predicted octanol–water partition coefficient (Wildman–Crippen LogP) is 0.795. The van der Waals surface area contributed by atoms with Gasteiger partial charge >= 0.3 is 0 Å². The van der Waals surface area contributed by atoms with E-state index in [1.807, 2.05) is 0 Å². The van der Waals surface area contributed by atoms with Crippen molar-refractivity contribution in [1.82, 2.24) is 9.80 Å². The first-order valence-corrected chi connectivity index (χ1v) is 6.70. The Balaban J connectivity index is 2.56. The molecule has 0 atom stereocenters. The lowest BCUT2D eigenvalue weighted by molar-refractivity contribution is -0.128. The van der Waals surface area contributed by atoms with Gasteiger partial charge in [0.05, 0.1) is 16.7 Å². The summed E-state index contributed by atoms with van der Waals surface area (Å²) < 4.78 is 0. The lowest BCUT2D eigenvalue weighted by atomic mass is 9.96. The first-order chi connectivity index (χ1) is 9.44. The second-order valence-electron chi connectivity index (χ2n) is 6.50. The zero-order valence-corrected chi connectivity index (χ0v) is 13.1. The summed E-state index contributed by atoms with van der Waals surface area (Å²) in [5, 5.41) is 10.2. The molecule has 0 aliphatic carbocycles. The number of aliphatic hydroxyl groups excluding tert-OH is 1. The highest BCUT2D eigenvalue weighted by Gasteiger charge is 2.49. The number of Topliss-reactive ketones (excluding diaryl/α,β-unsaturated/α-hetero) is 1. The van der Waals surface area contributed by atoms with Crippen LogP contribution in [0.4, 0.5) is 0 Å². The van der Waals surface area contributed by atoms with E-state index in [1.54, 1.807) is 41.8 Å². The van der Waals surface area contributed by atoms with Gasteiger partial charge in [0.15, 0.2) is 5.78 Å². The quantitative estimate of drug-likeness (QED) is 0.572. The average molecular weight is 292 g/mol. The van der Waals surface area contributed by atoms with Gasteiger partial charge in [0.1, 0.15) is 11.3 Å². The number of likely N-dealkylation sites (N-methyl/N-ethyl adjacent to an activating group) is 2. The summed E-state index contributed by atoms with van der Waals surface area (Å²) in [7, 11) is 3.11. The summed E-state index contributed by atoms with van der Waals surface area (Å²) in [5.41, 5.74) is -1.86. The van der Waals surface area contributed by atoms with Gasteiger partial charge < -0.3 is 14.9 Å². The molecule has 0 unspecified atom stereocenters. The Labute approximate surface area is 123 Å². The summed E-state index contributed by atoms with van der Waals surface area (Å²) in [6, 6.07) is 0. The fraction of sp³-hybridized carbons (Fsp3) is 0.533. The van der Waals surface area contributed by atoms with Crippen LogP contribution in [0, 0.1) is 0 Å². The molecule has 2 rings (SSSR count). The number of rotatable bonds is 1. The highest BCUT2D eigenvalue weighted by atomic mass is 16.3. The van der Waals surface area contributed by atoms with Crippen molar-refractivity contribution in [3.05, 3.63) is 23.0 Å². The minimum Gasteiger partial charge on any atom is -0.509 e. The van der Waals surface area contributed by atoms with E-state index >= 15 is 0 Å². The molecule has 6 nitrogen and oxygen atoms in total. The van der Waals surface area contributed by atoms with E-state index in [1.165, 1.54) is 15.9 Å². The van der Waals surface area contributed by atoms with Crippen LogP contribution in [0.3, 0.4) is 0 Å². The van der Waals surface area contributed by atoms with E-state index in [0.717, 1.165) is 0 Å². The normalized spacial score (nSPS) is 26.6. The average Bonchev–Trinajstić information content (AvgIpc) is 2.64. The van der Waals surface area contributed by atoms with Crippen LogP contribution in [-0.4, -0.2) is 57.7 Å². The lowest BCUT2D eigenvalue weighted by Crippen LogP contribution is -2.41. The van der Waals surface area contributed by atoms with Crippen LogP contribution >= 0.6 is 0 Å². The summed E-state index contributed by atoms with van der Waals surface area (Å²) >= 11 is 0. The molecule has 0 radical (unpaired) electrons. The zero-order valence-electron chi connectivity index (χ0n) is 13.1. The number of carbonyl (C=O) groups is 3. The first kappa shape index (κ1) is 15.3. The summed E-state index contributed by atoms with van der Waals surface area (Å²) in [4.78, 5) is 39.4. The van der Waals surface area contributed by atoms with Crippen LogP contribution < -0.4 is 0 Å². The molecule has 0 bridgehead atoms. The standard InChI is InChI=1S/C15H20N2O4/c1-14(2)10(18)8(12(20)16(14)5)7-9-11(19)15(3,4)17(6)13(9)21/h7,18H,1-6H3/b9-7-. The topological polar surface area (TPSA) is 77.9 Å². The molecule has 1 saturated heterocycles. The molecular weight excluding hydrogens is 272 g/mol. The molecular formula is C15H20N2O4. The zero-order chi connectivity index (χ0) is 16.3. The summed E-state index contributed by atoms with van der Waals surface area (Å²) in [6.07, 6.45) is 1.22. The molecule has 1 fully saturated rings. The van der Waals surface area contributed by atoms with Crippen LogP contribution in [0.25, 0.3) is 0 Å². The number of amides is 2. The van der Waals surface area contributed by atoms with Gasteiger partial charge in [0, 0.05) is 14.1 Å². The maximum Gasteiger partial charge on any atom is 0.258 e. The largest absolute Gasteiger partial charge is 0.509 e. The van der Waals surface area contributed by atoms with Gasteiger partial charge in [-0.1, -0.05) is 0 Å². The fourth-order valence-corrected chi connectivity index (χ4v) is 2.44. The van der Waals surface area contributed by atoms with Crippen molar-refractivity contribution in [3.63, 3.8) is 0 Å². The van der Waals surface area contributed by atoms with Gasteiger partial charge in [-0.2, -0.15) is 0 Å². The highest BCUT2D eigenvalue weighted by Crippen LogP contribution is 2.35. The number of hydrogen-bond donors (Lipinski definition) is 1. The Morgan fingerprint density at radius 3 is 1.71 bits per heavy atom. The fourth-order valence-electron chi connectivity index (χ4n) is 2.44. The Morgan fingerprint density at radius 1 is 0.905 bits per heavy atom. The maximum absolute atomic E-state index is 12.3. The molecule has 2 aliphatic heterocycles. The van der Waals surface area contributed by atoms with Crippen molar-refractivity contribution in [3.8, 4) is 0 Å². The molecule has 0 spiro atoms. The van der Waals surface area contributed by atoms with E-state index in [2.05, 4.69) is 0 Å². The van der Waals surface area contributed by atoms with Gasteiger partial charge in [-0.3, -0.25) is 14.4 Å². The maximum atomic E-state index is 12.3. The number of carbonyl (C=O) groups excluding carboxylic acids is 3. The Hall–Kier alpha value is -2.11. The van der Waals surface area contributed by atoms with E-state index < -0.39 is 22.9 Å². The molecule has 114 valence electrons. The molecule has 0 saturated carbocycles. The second-order valence-corrected chi connectivity index (χ2v) is 6.50. The van der Waals surface area contributed by atoms with Gasteiger partial charge in [-0.15, -0.1) is 0 Å². The Kier molecular flexibility index (Phi) is 3.05. The van der Waals surface area contributed by atoms with E-state index in [9.17, 15) is 19.5 Å². The van der Waals surface area contributed by atoms with Crippen LogP contribution in [0.5, 0.6) is 0 Å². The molecule has 0 aromatic carbocycles. The van der Waals surface area contributed by atoms with Crippen molar-refractivity contribution < 1.29 is 19.5 Å². The number of likely N-dealkylation sites (tertiary alicyclic amines) is 1. The minimum absolute atomic E-state index is 0.00491. The second kappa shape index (κ2) is 4.19. The molecule has 1 N–H and O–H groups in total. The third kappa shape index (κ3) is 1.81. The van der Waals surface area contributed by atoms with Gasteiger partial charge in [-0.05, 0) is 33.8 Å². The van der Waals surface area contributed by atoms with E-state index in [4.69, 9.17) is 0 Å². The van der Waals surface area contributed by atoms with Crippen LogP contribution in [0.2, 0.25) is 0 Å². The number of ketones is 1. The van der Waals surface area contributed by atoms with Crippen molar-refractivity contribution in [1.29, 1.82) is 0 Å². The van der Waals surface area contributed by atoms with E-state index in [-0.39, 0.29) is 22.7 Å². The van der Waals surface area contributed by atoms with Crippen molar-refractivity contribution in [2.45, 2.75) is 38.8 Å². The van der Waals surface area contributed by atoms with Gasteiger partial charge in [0.25, 0.3) is 11.8 Å². The molecule has 2 heterocycles. The Morgan fingerprint density at radius 2 is 1.38 bits per heavy atom. The first-order valence-electron chi connectivity index (χ1n) is 6.70. The number of hydrogen-bond acceptors (Lipinski definition) is 4. The van der Waals surface area contributed by atoms with Crippen LogP contribution in [0.15, 0.2) is 23.0 Å². The molecule has 21 heavy (non-hydrogen) atoms. The van der Waals surface area contributed by atoms with Crippen LogP contribution in [0.1, 0.15) is 27.7 Å². The summed E-state index contributed by atoms with van der Waals surface area (Å²) in [6.45, 7) is 6.68. The van der Waals surface area contributed by atoms with Crippen molar-refractivity contribution in [2.75, 3.05) is 14.1 Å². The smallest absolute Gasteiger partial charge is 0.258 e. The molecule has 0 aromatic rings. The van der Waals surface area contributed by atoms with Crippen LogP contribution in [-0.2, 0) is 14.4 Å². The van der Waals surface area contributed by atoms with Crippen molar-refractivity contribution >= 4 is 17.6 Å². The van der Waals surface area contributed by atoms with Gasteiger partial charge in [-0.25, -0.2) is 0 Å². The van der Waals surface area contributed by atoms with Gasteiger partial charge in [0.2, 0.25) is 0 Å². The molecule has 6 heteroatoms. The molecule has 0 aromatic heterocycles. The summed E-state index contributed by atoms with van der Waals surface area (Å²) in [5.74, 6) is -1.32. The lowest BCUT2D eigenvalue weighted by Gasteiger charge is -2.27. The third-order valence-corrected chi connectivity index (χ3v) is 4.67. The predicted molar refractivity (Wildman–Crippen MR) is 76.4 cm³/mol.